The summed E-state index contributed by atoms with van der Waals surface area (Å²) in [6.07, 6.45) is 0. The van der Waals surface area contributed by atoms with E-state index in [4.69, 9.17) is 10.2 Å². The second kappa shape index (κ2) is 5.56. The van der Waals surface area contributed by atoms with E-state index in [1.807, 2.05) is 44.2 Å². The second-order valence-corrected chi connectivity index (χ2v) is 7.25. The van der Waals surface area contributed by atoms with Crippen molar-refractivity contribution in [3.8, 4) is 0 Å². The lowest BCUT2D eigenvalue weighted by Crippen LogP contribution is -2.21. The summed E-state index contributed by atoms with van der Waals surface area (Å²) in [5.74, 6) is -0.551. The first-order chi connectivity index (χ1) is 10.8. The van der Waals surface area contributed by atoms with Gasteiger partial charge in [-0.05, 0) is 72.3 Å². The van der Waals surface area contributed by atoms with Gasteiger partial charge >= 0.3 is 5.97 Å². The Kier molecular flexibility index (Phi) is 3.83. The molecule has 0 aliphatic rings. The molecule has 0 fully saturated rings. The van der Waals surface area contributed by atoms with E-state index < -0.39 is 11.4 Å². The maximum Gasteiger partial charge on any atom is 0.339 e. The second-order valence-electron chi connectivity index (χ2n) is 6.00. The number of rotatable bonds is 3. The van der Waals surface area contributed by atoms with Gasteiger partial charge in [-0.3, -0.25) is 0 Å². The van der Waals surface area contributed by atoms with Crippen LogP contribution in [0.25, 0.3) is 11.0 Å². The van der Waals surface area contributed by atoms with E-state index in [0.29, 0.717) is 22.4 Å². The minimum absolute atomic E-state index is 0.212. The molecule has 3 aromatic rings. The van der Waals surface area contributed by atoms with E-state index >= 15 is 0 Å². The molecule has 0 saturated heterocycles. The highest BCUT2D eigenvalue weighted by Crippen LogP contribution is 2.39. The normalized spacial score (nSPS) is 11.8. The monoisotopic (exact) mass is 421 g/mol. The molecule has 1 aromatic heterocycles. The molecular formula is C18H16INO3. The fourth-order valence-corrected chi connectivity index (χ4v) is 3.24. The third-order valence-electron chi connectivity index (χ3n) is 4.04. The number of halogens is 1. The molecule has 2 aromatic carbocycles. The van der Waals surface area contributed by atoms with Gasteiger partial charge in [-0.15, -0.1) is 0 Å². The molecule has 5 heteroatoms. The molecule has 23 heavy (non-hydrogen) atoms. The molecular weight excluding hydrogens is 405 g/mol. The molecule has 0 radical (unpaired) electrons. The summed E-state index contributed by atoms with van der Waals surface area (Å²) >= 11 is 2.18. The third-order valence-corrected chi connectivity index (χ3v) is 4.71. The molecule has 0 aliphatic carbocycles. The zero-order valence-electron chi connectivity index (χ0n) is 12.8. The first-order valence-electron chi connectivity index (χ1n) is 7.12. The maximum atomic E-state index is 11.8. The predicted octanol–water partition coefficient (Wildman–Crippen LogP) is 4.64. The van der Waals surface area contributed by atoms with E-state index in [1.165, 1.54) is 0 Å². The van der Waals surface area contributed by atoms with E-state index in [-0.39, 0.29) is 5.56 Å². The van der Waals surface area contributed by atoms with Crippen LogP contribution in [-0.2, 0) is 5.41 Å². The molecule has 3 rings (SSSR count). The number of fused-ring (bicyclic) bond motifs is 1. The van der Waals surface area contributed by atoms with Crippen molar-refractivity contribution in [1.82, 2.24) is 0 Å². The van der Waals surface area contributed by atoms with Crippen molar-refractivity contribution >= 4 is 45.2 Å². The van der Waals surface area contributed by atoms with Crippen LogP contribution in [0.5, 0.6) is 0 Å². The van der Waals surface area contributed by atoms with Crippen molar-refractivity contribution in [2.24, 2.45) is 0 Å². The van der Waals surface area contributed by atoms with Gasteiger partial charge in [-0.1, -0.05) is 12.1 Å². The Morgan fingerprint density at radius 1 is 1.22 bits per heavy atom. The molecule has 0 amide bonds. The van der Waals surface area contributed by atoms with Crippen molar-refractivity contribution < 1.29 is 14.3 Å². The topological polar surface area (TPSA) is 76.5 Å². The van der Waals surface area contributed by atoms with Gasteiger partial charge < -0.3 is 15.3 Å². The lowest BCUT2D eigenvalue weighted by Gasteiger charge is -2.24. The van der Waals surface area contributed by atoms with Gasteiger partial charge in [0, 0.05) is 20.1 Å². The number of aromatic carboxylic acids is 1. The smallest absolute Gasteiger partial charge is 0.339 e. The number of benzene rings is 2. The minimum Gasteiger partial charge on any atom is -0.478 e. The van der Waals surface area contributed by atoms with Crippen LogP contribution in [0.4, 0.5) is 5.69 Å². The number of hydrogen-bond acceptors (Lipinski definition) is 3. The van der Waals surface area contributed by atoms with Crippen molar-refractivity contribution in [2.45, 2.75) is 19.3 Å². The van der Waals surface area contributed by atoms with E-state index in [0.717, 1.165) is 9.13 Å². The van der Waals surface area contributed by atoms with Crippen LogP contribution < -0.4 is 5.73 Å². The fourth-order valence-electron chi connectivity index (χ4n) is 2.78. The van der Waals surface area contributed by atoms with Crippen molar-refractivity contribution in [2.75, 3.05) is 5.73 Å². The predicted molar refractivity (Wildman–Crippen MR) is 98.9 cm³/mol. The van der Waals surface area contributed by atoms with Crippen LogP contribution in [0.3, 0.4) is 0 Å². The Labute approximate surface area is 147 Å². The molecule has 0 spiro atoms. The van der Waals surface area contributed by atoms with Crippen LogP contribution in [0, 0.1) is 3.57 Å². The summed E-state index contributed by atoms with van der Waals surface area (Å²) in [5, 5.41) is 10.3. The van der Waals surface area contributed by atoms with Crippen molar-refractivity contribution in [3.05, 3.63) is 62.9 Å². The quantitative estimate of drug-likeness (QED) is 0.477. The largest absolute Gasteiger partial charge is 0.478 e. The standard InChI is InChI=1S/C18H16INO3/c1-18(2,10-4-3-5-12(20)8-10)16-15(17(21)22)13-7-6-11(19)9-14(13)23-16/h3-9H,20H2,1-2H3,(H,21,22). The van der Waals surface area contributed by atoms with E-state index in [9.17, 15) is 9.90 Å². The number of furan rings is 1. The van der Waals surface area contributed by atoms with Crippen LogP contribution >= 0.6 is 22.6 Å². The van der Waals surface area contributed by atoms with Gasteiger partial charge in [0.1, 0.15) is 16.9 Å². The Morgan fingerprint density at radius 3 is 2.61 bits per heavy atom. The molecule has 3 N–H and O–H groups in total. The van der Waals surface area contributed by atoms with Gasteiger partial charge in [0.2, 0.25) is 0 Å². The average molecular weight is 421 g/mol. The van der Waals surface area contributed by atoms with Crippen molar-refractivity contribution in [3.63, 3.8) is 0 Å². The van der Waals surface area contributed by atoms with Gasteiger partial charge in [-0.25, -0.2) is 4.79 Å². The van der Waals surface area contributed by atoms with Gasteiger partial charge in [0.25, 0.3) is 0 Å². The number of carboxylic acids is 1. The fraction of sp³-hybridized carbons (Fsp3) is 0.167. The molecule has 4 nitrogen and oxygen atoms in total. The van der Waals surface area contributed by atoms with Crippen LogP contribution in [0.1, 0.15) is 35.5 Å². The highest BCUT2D eigenvalue weighted by atomic mass is 127. The number of nitrogen functional groups attached to an aromatic ring is 1. The number of hydrogen-bond donors (Lipinski definition) is 2. The Balaban J connectivity index is 2.30. The third kappa shape index (κ3) is 2.69. The zero-order valence-corrected chi connectivity index (χ0v) is 14.9. The highest BCUT2D eigenvalue weighted by molar-refractivity contribution is 14.1. The summed E-state index contributed by atoms with van der Waals surface area (Å²) in [6, 6.07) is 13.0. The maximum absolute atomic E-state index is 11.8. The zero-order chi connectivity index (χ0) is 16.8. The first-order valence-corrected chi connectivity index (χ1v) is 8.20. The highest BCUT2D eigenvalue weighted by Gasteiger charge is 2.34. The van der Waals surface area contributed by atoms with Gasteiger partial charge in [-0.2, -0.15) is 0 Å². The molecule has 0 aliphatic heterocycles. The summed E-state index contributed by atoms with van der Waals surface area (Å²) in [5.41, 5.74) is 7.61. The van der Waals surface area contributed by atoms with E-state index in [1.54, 1.807) is 12.1 Å². The van der Waals surface area contributed by atoms with Crippen LogP contribution in [-0.4, -0.2) is 11.1 Å². The Bertz CT molecular complexity index is 912. The number of carboxylic acid groups (broad SMARTS) is 1. The van der Waals surface area contributed by atoms with Gasteiger partial charge in [0.15, 0.2) is 0 Å². The van der Waals surface area contributed by atoms with Gasteiger partial charge in [0.05, 0.1) is 0 Å². The minimum atomic E-state index is -0.989. The van der Waals surface area contributed by atoms with Crippen LogP contribution in [0.15, 0.2) is 46.9 Å². The average Bonchev–Trinajstić information content (AvgIpc) is 2.86. The van der Waals surface area contributed by atoms with Crippen molar-refractivity contribution in [1.29, 1.82) is 0 Å². The molecule has 0 unspecified atom stereocenters. The summed E-state index contributed by atoms with van der Waals surface area (Å²) in [7, 11) is 0. The lowest BCUT2D eigenvalue weighted by molar-refractivity contribution is 0.0694. The first kappa shape index (κ1) is 15.9. The lowest BCUT2D eigenvalue weighted by atomic mass is 9.80. The summed E-state index contributed by atoms with van der Waals surface area (Å²) in [4.78, 5) is 11.8. The molecule has 0 bridgehead atoms. The molecule has 118 valence electrons. The van der Waals surface area contributed by atoms with Crippen LogP contribution in [0.2, 0.25) is 0 Å². The molecule has 0 saturated carbocycles. The summed E-state index contributed by atoms with van der Waals surface area (Å²) in [6.45, 7) is 3.88. The van der Waals surface area contributed by atoms with E-state index in [2.05, 4.69) is 22.6 Å². The summed E-state index contributed by atoms with van der Waals surface area (Å²) < 4.78 is 6.97. The SMILES string of the molecule is CC(C)(c1cccc(N)c1)c1oc2cc(I)ccc2c1C(=O)O. The number of anilines is 1. The number of carbonyl (C=O) groups is 1. The molecule has 0 atom stereocenters. The Hall–Kier alpha value is -2.02. The number of nitrogens with two attached hydrogens (primary N) is 1. The Morgan fingerprint density at radius 2 is 1.96 bits per heavy atom. The molecule has 1 heterocycles.